The molecule has 0 radical (unpaired) electrons. The molecule has 1 unspecified atom stereocenters. The molecule has 0 aliphatic carbocycles. The maximum atomic E-state index is 12.1. The van der Waals surface area contributed by atoms with E-state index in [-0.39, 0.29) is 12.1 Å². The van der Waals surface area contributed by atoms with Crippen molar-refractivity contribution in [3.8, 4) is 0 Å². The van der Waals surface area contributed by atoms with Crippen LogP contribution in [-0.2, 0) is 6.54 Å². The zero-order valence-electron chi connectivity index (χ0n) is 11.7. The Bertz CT molecular complexity index is 549. The van der Waals surface area contributed by atoms with Gasteiger partial charge in [0.25, 0.3) is 0 Å². The summed E-state index contributed by atoms with van der Waals surface area (Å²) in [5.41, 5.74) is 7.62. The second-order valence-electron chi connectivity index (χ2n) is 4.78. The van der Waals surface area contributed by atoms with Gasteiger partial charge in [-0.25, -0.2) is 4.79 Å². The molecule has 3 N–H and O–H groups in total. The lowest BCUT2D eigenvalue weighted by Crippen LogP contribution is -2.30. The molecule has 0 saturated carbocycles. The zero-order chi connectivity index (χ0) is 14.5. The van der Waals surface area contributed by atoms with Gasteiger partial charge >= 0.3 is 6.03 Å². The molecule has 20 heavy (non-hydrogen) atoms. The Morgan fingerprint density at radius 1 is 1.35 bits per heavy atom. The third kappa shape index (κ3) is 3.82. The molecule has 4 nitrogen and oxygen atoms in total. The number of urea groups is 1. The fraction of sp³-hybridized carbons (Fsp3) is 0.267. The van der Waals surface area contributed by atoms with Crippen LogP contribution in [0.5, 0.6) is 0 Å². The first kappa shape index (κ1) is 14.6. The molecule has 0 bridgehead atoms. The number of rotatable bonds is 4. The molecule has 0 saturated heterocycles. The highest BCUT2D eigenvalue weighted by Gasteiger charge is 2.10. The Hall–Kier alpha value is -1.85. The molecule has 1 aromatic carbocycles. The molecule has 0 fully saturated rings. The quantitative estimate of drug-likeness (QED) is 0.906. The van der Waals surface area contributed by atoms with Gasteiger partial charge in [-0.15, -0.1) is 11.3 Å². The molecule has 0 aliphatic heterocycles. The molecule has 0 aliphatic rings. The van der Waals surface area contributed by atoms with E-state index in [1.807, 2.05) is 48.7 Å². The highest BCUT2D eigenvalue weighted by molar-refractivity contribution is 7.09. The van der Waals surface area contributed by atoms with Gasteiger partial charge in [-0.3, -0.25) is 0 Å². The van der Waals surface area contributed by atoms with E-state index in [0.717, 1.165) is 16.1 Å². The van der Waals surface area contributed by atoms with Crippen LogP contribution in [0.15, 0.2) is 41.8 Å². The highest BCUT2D eigenvalue weighted by Crippen LogP contribution is 2.15. The van der Waals surface area contributed by atoms with E-state index in [1.165, 1.54) is 0 Å². The van der Waals surface area contributed by atoms with Crippen molar-refractivity contribution >= 4 is 23.1 Å². The number of carbonyl (C=O) groups excluding carboxylic acids is 1. The third-order valence-corrected chi connectivity index (χ3v) is 3.87. The van der Waals surface area contributed by atoms with E-state index in [4.69, 9.17) is 5.73 Å². The predicted molar refractivity (Wildman–Crippen MR) is 83.8 cm³/mol. The van der Waals surface area contributed by atoms with Crippen LogP contribution in [0.25, 0.3) is 0 Å². The van der Waals surface area contributed by atoms with Gasteiger partial charge < -0.3 is 16.0 Å². The highest BCUT2D eigenvalue weighted by atomic mass is 32.1. The number of thiophene rings is 1. The molecule has 2 rings (SSSR count). The fourth-order valence-electron chi connectivity index (χ4n) is 1.80. The van der Waals surface area contributed by atoms with E-state index in [2.05, 4.69) is 5.32 Å². The first-order valence-electron chi connectivity index (χ1n) is 6.46. The second-order valence-corrected chi connectivity index (χ2v) is 5.81. The molecule has 1 atom stereocenters. The van der Waals surface area contributed by atoms with Gasteiger partial charge in [-0.1, -0.05) is 18.2 Å². The minimum atomic E-state index is -0.119. The number of carbonyl (C=O) groups is 1. The number of nitrogens with two attached hydrogens (primary N) is 1. The first-order valence-corrected chi connectivity index (χ1v) is 7.34. The number of hydrogen-bond donors (Lipinski definition) is 2. The van der Waals surface area contributed by atoms with Gasteiger partial charge in [0, 0.05) is 23.7 Å². The minimum Gasteiger partial charge on any atom is -0.324 e. The van der Waals surface area contributed by atoms with Crippen LogP contribution in [0.4, 0.5) is 10.5 Å². The zero-order valence-corrected chi connectivity index (χ0v) is 12.5. The summed E-state index contributed by atoms with van der Waals surface area (Å²) in [4.78, 5) is 14.9. The van der Waals surface area contributed by atoms with Crippen molar-refractivity contribution in [3.05, 3.63) is 52.2 Å². The molecule has 2 aromatic rings. The molecule has 2 amide bonds. The monoisotopic (exact) mass is 289 g/mol. The van der Waals surface area contributed by atoms with Gasteiger partial charge in [0.05, 0.1) is 6.54 Å². The first-order chi connectivity index (χ1) is 9.56. The molecule has 1 heterocycles. The average molecular weight is 289 g/mol. The maximum absolute atomic E-state index is 12.1. The Balaban J connectivity index is 1.93. The average Bonchev–Trinajstić information content (AvgIpc) is 2.92. The summed E-state index contributed by atoms with van der Waals surface area (Å²) in [6.07, 6.45) is 0. The summed E-state index contributed by atoms with van der Waals surface area (Å²) in [6.45, 7) is 2.55. The molecule has 5 heteroatoms. The fourth-order valence-corrected chi connectivity index (χ4v) is 2.55. The Morgan fingerprint density at radius 2 is 2.05 bits per heavy atom. The van der Waals surface area contributed by atoms with Crippen LogP contribution < -0.4 is 11.1 Å². The van der Waals surface area contributed by atoms with Crippen molar-refractivity contribution in [1.29, 1.82) is 0 Å². The van der Waals surface area contributed by atoms with E-state index in [0.29, 0.717) is 6.54 Å². The Labute approximate surface area is 123 Å². The summed E-state index contributed by atoms with van der Waals surface area (Å²) in [5.74, 6) is 0. The van der Waals surface area contributed by atoms with Crippen LogP contribution in [0.3, 0.4) is 0 Å². The van der Waals surface area contributed by atoms with Gasteiger partial charge in [-0.05, 0) is 36.1 Å². The van der Waals surface area contributed by atoms with E-state index < -0.39 is 0 Å². The number of hydrogen-bond acceptors (Lipinski definition) is 3. The number of anilines is 1. The van der Waals surface area contributed by atoms with Crippen LogP contribution in [-0.4, -0.2) is 18.0 Å². The normalized spacial score (nSPS) is 11.9. The van der Waals surface area contributed by atoms with Crippen molar-refractivity contribution in [2.45, 2.75) is 19.5 Å². The molecular weight excluding hydrogens is 270 g/mol. The summed E-state index contributed by atoms with van der Waals surface area (Å²) in [5, 5.41) is 4.88. The molecular formula is C15H19N3OS. The topological polar surface area (TPSA) is 58.4 Å². The van der Waals surface area contributed by atoms with Crippen LogP contribution in [0.2, 0.25) is 0 Å². The van der Waals surface area contributed by atoms with Crippen LogP contribution >= 0.6 is 11.3 Å². The lowest BCUT2D eigenvalue weighted by molar-refractivity contribution is 0.221. The number of nitrogens with one attached hydrogen (secondary N) is 1. The number of amides is 2. The van der Waals surface area contributed by atoms with Crippen molar-refractivity contribution in [3.63, 3.8) is 0 Å². The molecule has 0 spiro atoms. The van der Waals surface area contributed by atoms with E-state index >= 15 is 0 Å². The number of nitrogens with zero attached hydrogens (tertiary/aromatic N) is 1. The smallest absolute Gasteiger partial charge is 0.321 e. The standard InChI is InChI=1S/C15H19N3OS/c1-11(16)12-5-7-13(8-6-12)17-15(19)18(2)10-14-4-3-9-20-14/h3-9,11H,10,16H2,1-2H3,(H,17,19). The van der Waals surface area contributed by atoms with Gasteiger partial charge in [0.1, 0.15) is 0 Å². The van der Waals surface area contributed by atoms with Crippen molar-refractivity contribution in [2.75, 3.05) is 12.4 Å². The minimum absolute atomic E-state index is 0.00116. The SMILES string of the molecule is CC(N)c1ccc(NC(=O)N(C)Cc2cccs2)cc1. The lowest BCUT2D eigenvalue weighted by Gasteiger charge is -2.17. The summed E-state index contributed by atoms with van der Waals surface area (Å²) in [6, 6.07) is 11.5. The summed E-state index contributed by atoms with van der Waals surface area (Å²) in [7, 11) is 1.78. The number of benzene rings is 1. The van der Waals surface area contributed by atoms with Crippen molar-refractivity contribution in [1.82, 2.24) is 4.90 Å². The van der Waals surface area contributed by atoms with Gasteiger partial charge in [-0.2, -0.15) is 0 Å². The third-order valence-electron chi connectivity index (χ3n) is 3.01. The Kier molecular flexibility index (Phi) is 4.76. The van der Waals surface area contributed by atoms with Crippen LogP contribution in [0.1, 0.15) is 23.4 Å². The molecule has 1 aromatic heterocycles. The lowest BCUT2D eigenvalue weighted by atomic mass is 10.1. The maximum Gasteiger partial charge on any atom is 0.321 e. The summed E-state index contributed by atoms with van der Waals surface area (Å²) < 4.78 is 0. The molecule has 106 valence electrons. The van der Waals surface area contributed by atoms with E-state index in [1.54, 1.807) is 23.3 Å². The predicted octanol–water partition coefficient (Wildman–Crippen LogP) is 3.43. The van der Waals surface area contributed by atoms with E-state index in [9.17, 15) is 4.79 Å². The largest absolute Gasteiger partial charge is 0.324 e. The second kappa shape index (κ2) is 6.54. The van der Waals surface area contributed by atoms with Crippen LogP contribution in [0, 0.1) is 0 Å². The van der Waals surface area contributed by atoms with Crippen molar-refractivity contribution < 1.29 is 4.79 Å². The Morgan fingerprint density at radius 3 is 2.60 bits per heavy atom. The van der Waals surface area contributed by atoms with Gasteiger partial charge in [0.15, 0.2) is 0 Å². The van der Waals surface area contributed by atoms with Crippen molar-refractivity contribution in [2.24, 2.45) is 5.73 Å². The summed E-state index contributed by atoms with van der Waals surface area (Å²) >= 11 is 1.64. The van der Waals surface area contributed by atoms with Gasteiger partial charge in [0.2, 0.25) is 0 Å².